The normalized spacial score (nSPS) is 17.8. The molecule has 4 rings (SSSR count). The van der Waals surface area contributed by atoms with Crippen molar-refractivity contribution in [3.63, 3.8) is 0 Å². The lowest BCUT2D eigenvalue weighted by Gasteiger charge is -2.40. The second kappa shape index (κ2) is 10.7. The van der Waals surface area contributed by atoms with E-state index in [0.29, 0.717) is 17.5 Å². The monoisotopic (exact) mass is 477 g/mol. The van der Waals surface area contributed by atoms with E-state index < -0.39 is 17.6 Å². The fraction of sp³-hybridized carbons (Fsp3) is 0.348. The van der Waals surface area contributed by atoms with Crippen LogP contribution in [0.15, 0.2) is 53.9 Å². The number of halogens is 3. The standard InChI is InChI=1S/C16H16F3N3O3.C7H10N2/c1-25-9-13-7-21(12-4-2-11(3-5-12)16(17,18)19)15(24)14-10(8-23)6-20-22(13)14;1-6-5-7(8-2)3-4-9-6/h2-5,8,13,20H,6-7,9H2,1H3;3-5H,1-2H3,(H,8,9). The number of carbonyl (C=O) groups excluding carboxylic acids is 2. The van der Waals surface area contributed by atoms with Gasteiger partial charge in [0.05, 0.1) is 24.8 Å². The van der Waals surface area contributed by atoms with Crippen LogP contribution in [0.1, 0.15) is 11.3 Å². The summed E-state index contributed by atoms with van der Waals surface area (Å²) in [7, 11) is 3.41. The van der Waals surface area contributed by atoms with Gasteiger partial charge in [-0.05, 0) is 43.3 Å². The first-order chi connectivity index (χ1) is 16.2. The number of hydrazine groups is 1. The maximum Gasteiger partial charge on any atom is 0.416 e. The van der Waals surface area contributed by atoms with Crippen molar-refractivity contribution >= 4 is 23.6 Å². The SMILES string of the molecule is CNc1ccnc(C)c1.COCC1CN(c2ccc(C(F)(F)F)cc2)C(=O)C2=C(C=O)CNN21. The molecule has 1 saturated heterocycles. The number of methoxy groups -OCH3 is 1. The van der Waals surface area contributed by atoms with Gasteiger partial charge >= 0.3 is 6.18 Å². The van der Waals surface area contributed by atoms with Gasteiger partial charge in [-0.2, -0.15) is 13.2 Å². The number of hydrogen-bond acceptors (Lipinski definition) is 7. The summed E-state index contributed by atoms with van der Waals surface area (Å²) in [5.74, 6) is -0.431. The number of ether oxygens (including phenoxy) is 1. The van der Waals surface area contributed by atoms with Gasteiger partial charge in [-0.1, -0.05) is 0 Å². The Kier molecular flexibility index (Phi) is 7.90. The molecular weight excluding hydrogens is 451 g/mol. The van der Waals surface area contributed by atoms with E-state index in [4.69, 9.17) is 4.74 Å². The molecule has 182 valence electrons. The number of pyridine rings is 1. The minimum atomic E-state index is -4.44. The lowest BCUT2D eigenvalue weighted by molar-refractivity contribution is -0.137. The number of amides is 1. The highest BCUT2D eigenvalue weighted by atomic mass is 19.4. The van der Waals surface area contributed by atoms with Crippen LogP contribution in [0.25, 0.3) is 0 Å². The molecule has 34 heavy (non-hydrogen) atoms. The molecule has 0 aliphatic carbocycles. The number of anilines is 2. The van der Waals surface area contributed by atoms with Crippen molar-refractivity contribution in [1.82, 2.24) is 15.4 Å². The number of rotatable bonds is 5. The molecule has 11 heteroatoms. The number of alkyl halides is 3. The Balaban J connectivity index is 0.000000302. The van der Waals surface area contributed by atoms with Crippen molar-refractivity contribution < 1.29 is 27.5 Å². The van der Waals surface area contributed by atoms with Crippen molar-refractivity contribution in [3.8, 4) is 0 Å². The van der Waals surface area contributed by atoms with Crippen LogP contribution in [-0.4, -0.2) is 62.1 Å². The van der Waals surface area contributed by atoms with Crippen LogP contribution in [-0.2, 0) is 20.5 Å². The molecule has 1 atom stereocenters. The van der Waals surface area contributed by atoms with E-state index in [9.17, 15) is 22.8 Å². The van der Waals surface area contributed by atoms with E-state index in [1.807, 2.05) is 26.1 Å². The zero-order valence-corrected chi connectivity index (χ0v) is 19.0. The quantitative estimate of drug-likeness (QED) is 0.641. The van der Waals surface area contributed by atoms with E-state index in [1.165, 1.54) is 24.1 Å². The third kappa shape index (κ3) is 5.54. The lowest BCUT2D eigenvalue weighted by Crippen LogP contribution is -2.58. The molecule has 1 unspecified atom stereocenters. The summed E-state index contributed by atoms with van der Waals surface area (Å²) in [5, 5.41) is 4.64. The summed E-state index contributed by atoms with van der Waals surface area (Å²) < 4.78 is 43.3. The Morgan fingerprint density at radius 3 is 2.50 bits per heavy atom. The molecule has 1 aromatic carbocycles. The summed E-state index contributed by atoms with van der Waals surface area (Å²) in [6.07, 6.45) is -2.04. The number of aryl methyl sites for hydroxylation is 1. The Morgan fingerprint density at radius 2 is 1.97 bits per heavy atom. The van der Waals surface area contributed by atoms with Crippen LogP contribution in [0.4, 0.5) is 24.5 Å². The first kappa shape index (κ1) is 25.2. The summed E-state index contributed by atoms with van der Waals surface area (Å²) in [4.78, 5) is 29.4. The van der Waals surface area contributed by atoms with Crippen molar-refractivity contribution in [2.45, 2.75) is 19.1 Å². The molecular formula is C23H26F3N5O3. The number of benzene rings is 1. The Morgan fingerprint density at radius 1 is 1.26 bits per heavy atom. The van der Waals surface area contributed by atoms with Crippen molar-refractivity contribution in [3.05, 3.63) is 65.1 Å². The van der Waals surface area contributed by atoms with E-state index in [2.05, 4.69) is 15.7 Å². The number of carbonyl (C=O) groups is 2. The van der Waals surface area contributed by atoms with Gasteiger partial charge in [0, 0.05) is 49.5 Å². The predicted octanol–water partition coefficient (Wildman–Crippen LogP) is 2.77. The highest BCUT2D eigenvalue weighted by Gasteiger charge is 2.41. The Bertz CT molecular complexity index is 1060. The molecule has 0 saturated carbocycles. The molecule has 1 aromatic heterocycles. The molecule has 2 N–H and O–H groups in total. The van der Waals surface area contributed by atoms with E-state index in [1.54, 1.807) is 11.2 Å². The van der Waals surface area contributed by atoms with Gasteiger partial charge in [0.15, 0.2) is 0 Å². The lowest BCUT2D eigenvalue weighted by atomic mass is 10.1. The summed E-state index contributed by atoms with van der Waals surface area (Å²) in [5.41, 5.74) is 5.20. The van der Waals surface area contributed by atoms with Crippen molar-refractivity contribution in [1.29, 1.82) is 0 Å². The number of nitrogens with one attached hydrogen (secondary N) is 2. The van der Waals surface area contributed by atoms with Gasteiger partial charge in [0.1, 0.15) is 12.0 Å². The van der Waals surface area contributed by atoms with E-state index >= 15 is 0 Å². The largest absolute Gasteiger partial charge is 0.416 e. The van der Waals surface area contributed by atoms with Gasteiger partial charge in [0.25, 0.3) is 5.91 Å². The van der Waals surface area contributed by atoms with Crippen LogP contribution in [0.2, 0.25) is 0 Å². The summed E-state index contributed by atoms with van der Waals surface area (Å²) in [6, 6.07) is 8.04. The number of piperazine rings is 1. The summed E-state index contributed by atoms with van der Waals surface area (Å²) in [6.45, 7) is 2.71. The smallest absolute Gasteiger partial charge is 0.388 e. The van der Waals surface area contributed by atoms with Crippen LogP contribution in [0.3, 0.4) is 0 Å². The molecule has 0 bridgehead atoms. The first-order valence-corrected chi connectivity index (χ1v) is 10.5. The highest BCUT2D eigenvalue weighted by Crippen LogP contribution is 2.33. The second-order valence-corrected chi connectivity index (χ2v) is 7.70. The number of hydrogen-bond donors (Lipinski definition) is 2. The molecule has 2 aliphatic heterocycles. The maximum atomic E-state index is 12.8. The number of aromatic nitrogens is 1. The van der Waals surface area contributed by atoms with Crippen LogP contribution in [0.5, 0.6) is 0 Å². The molecule has 2 aliphatic rings. The molecule has 0 spiro atoms. The molecule has 1 fully saturated rings. The van der Waals surface area contributed by atoms with Crippen LogP contribution in [0, 0.1) is 6.92 Å². The average Bonchev–Trinajstić information content (AvgIpc) is 3.26. The minimum absolute atomic E-state index is 0.211. The maximum absolute atomic E-state index is 12.8. The van der Waals surface area contributed by atoms with E-state index in [0.717, 1.165) is 23.5 Å². The molecule has 8 nitrogen and oxygen atoms in total. The zero-order chi connectivity index (χ0) is 24.9. The fourth-order valence-corrected chi connectivity index (χ4v) is 3.71. The Hall–Kier alpha value is -3.44. The van der Waals surface area contributed by atoms with Gasteiger partial charge in [-0.15, -0.1) is 0 Å². The van der Waals surface area contributed by atoms with Gasteiger partial charge in [-0.25, -0.2) is 5.43 Å². The molecule has 1 amide bonds. The average molecular weight is 477 g/mol. The number of fused-ring (bicyclic) bond motifs is 1. The highest BCUT2D eigenvalue weighted by molar-refractivity contribution is 6.09. The molecule has 3 heterocycles. The van der Waals surface area contributed by atoms with Gasteiger partial charge in [-0.3, -0.25) is 19.6 Å². The molecule has 0 radical (unpaired) electrons. The number of aldehydes is 1. The van der Waals surface area contributed by atoms with Crippen molar-refractivity contribution in [2.75, 3.05) is 44.1 Å². The Labute approximate surface area is 195 Å². The molecule has 2 aromatic rings. The van der Waals surface area contributed by atoms with Crippen LogP contribution >= 0.6 is 0 Å². The third-order valence-corrected chi connectivity index (χ3v) is 5.38. The zero-order valence-electron chi connectivity index (χ0n) is 19.0. The topological polar surface area (TPSA) is 86.8 Å². The van der Waals surface area contributed by atoms with Gasteiger partial charge < -0.3 is 15.0 Å². The number of nitrogens with zero attached hydrogens (tertiary/aromatic N) is 3. The minimum Gasteiger partial charge on any atom is -0.388 e. The van der Waals surface area contributed by atoms with Gasteiger partial charge in [0.2, 0.25) is 0 Å². The van der Waals surface area contributed by atoms with E-state index in [-0.39, 0.29) is 31.4 Å². The van der Waals surface area contributed by atoms with Crippen molar-refractivity contribution in [2.24, 2.45) is 0 Å². The predicted molar refractivity (Wildman–Crippen MR) is 121 cm³/mol. The first-order valence-electron chi connectivity index (χ1n) is 10.5. The second-order valence-electron chi connectivity index (χ2n) is 7.70. The fourth-order valence-electron chi connectivity index (χ4n) is 3.71. The summed E-state index contributed by atoms with van der Waals surface area (Å²) >= 11 is 0. The van der Waals surface area contributed by atoms with Crippen LogP contribution < -0.4 is 15.6 Å². The third-order valence-electron chi connectivity index (χ3n) is 5.38.